The molecule has 1 N–H and O–H groups in total. The molecule has 0 aliphatic carbocycles. The van der Waals surface area contributed by atoms with Crippen molar-refractivity contribution in [2.24, 2.45) is 0 Å². The first-order valence-electron chi connectivity index (χ1n) is 8.57. The molecule has 0 saturated carbocycles. The number of aryl methyl sites for hydroxylation is 3. The SMILES string of the molecule is Cc1ccc(S(=O)(=O)N[C@@H]2COCC[C@@H]2OCc2c(C)noc2C)cc1. The zero-order chi connectivity index (χ0) is 18.7. The van der Waals surface area contributed by atoms with Crippen molar-refractivity contribution >= 4 is 10.0 Å². The number of hydrogen-bond acceptors (Lipinski definition) is 6. The topological polar surface area (TPSA) is 90.7 Å². The maximum absolute atomic E-state index is 12.7. The molecule has 142 valence electrons. The molecule has 7 nitrogen and oxygen atoms in total. The van der Waals surface area contributed by atoms with E-state index in [2.05, 4.69) is 9.88 Å². The van der Waals surface area contributed by atoms with Gasteiger partial charge in [0.1, 0.15) is 5.76 Å². The Morgan fingerprint density at radius 1 is 1.23 bits per heavy atom. The number of benzene rings is 1. The van der Waals surface area contributed by atoms with E-state index in [1.165, 1.54) is 0 Å². The summed E-state index contributed by atoms with van der Waals surface area (Å²) in [5.74, 6) is 0.714. The molecular formula is C18H24N2O5S. The van der Waals surface area contributed by atoms with E-state index in [0.717, 1.165) is 16.8 Å². The van der Waals surface area contributed by atoms with Crippen LogP contribution in [-0.4, -0.2) is 38.9 Å². The molecule has 0 radical (unpaired) electrons. The summed E-state index contributed by atoms with van der Waals surface area (Å²) < 4.78 is 44.6. The first-order valence-corrected chi connectivity index (χ1v) is 10.1. The van der Waals surface area contributed by atoms with Crippen molar-refractivity contribution in [1.82, 2.24) is 9.88 Å². The lowest BCUT2D eigenvalue weighted by Gasteiger charge is -2.31. The molecule has 1 aliphatic rings. The summed E-state index contributed by atoms with van der Waals surface area (Å²) in [7, 11) is -3.64. The van der Waals surface area contributed by atoms with Gasteiger partial charge in [0, 0.05) is 12.2 Å². The highest BCUT2D eigenvalue weighted by Gasteiger charge is 2.31. The van der Waals surface area contributed by atoms with Gasteiger partial charge in [0.25, 0.3) is 0 Å². The van der Waals surface area contributed by atoms with E-state index in [1.807, 2.05) is 20.8 Å². The van der Waals surface area contributed by atoms with Gasteiger partial charge in [-0.05, 0) is 39.3 Å². The monoisotopic (exact) mass is 380 g/mol. The number of ether oxygens (including phenoxy) is 2. The third-order valence-electron chi connectivity index (χ3n) is 4.55. The minimum absolute atomic E-state index is 0.234. The van der Waals surface area contributed by atoms with Gasteiger partial charge >= 0.3 is 0 Å². The number of sulfonamides is 1. The molecule has 3 rings (SSSR count). The van der Waals surface area contributed by atoms with Crippen molar-refractivity contribution in [3.05, 3.63) is 46.8 Å². The van der Waals surface area contributed by atoms with Gasteiger partial charge in [-0.15, -0.1) is 0 Å². The van der Waals surface area contributed by atoms with Crippen LogP contribution < -0.4 is 4.72 Å². The first kappa shape index (κ1) is 19.0. The average molecular weight is 380 g/mol. The number of aromatic nitrogens is 1. The predicted molar refractivity (Wildman–Crippen MR) is 95.3 cm³/mol. The van der Waals surface area contributed by atoms with Gasteiger partial charge in [0.2, 0.25) is 10.0 Å². The summed E-state index contributed by atoms with van der Waals surface area (Å²) in [6, 6.07) is 6.30. The van der Waals surface area contributed by atoms with Crippen LogP contribution in [0.25, 0.3) is 0 Å². The molecule has 2 aromatic rings. The van der Waals surface area contributed by atoms with E-state index in [1.54, 1.807) is 24.3 Å². The Bertz CT molecular complexity index is 825. The molecule has 26 heavy (non-hydrogen) atoms. The van der Waals surface area contributed by atoms with E-state index in [4.69, 9.17) is 14.0 Å². The van der Waals surface area contributed by atoms with Gasteiger partial charge in [-0.25, -0.2) is 13.1 Å². The maximum Gasteiger partial charge on any atom is 0.240 e. The van der Waals surface area contributed by atoms with Crippen LogP contribution in [0.2, 0.25) is 0 Å². The third kappa shape index (κ3) is 4.32. The molecule has 1 aromatic heterocycles. The molecule has 8 heteroatoms. The Morgan fingerprint density at radius 3 is 2.62 bits per heavy atom. The van der Waals surface area contributed by atoms with Gasteiger partial charge in [0.05, 0.1) is 35.9 Å². The van der Waals surface area contributed by atoms with Crippen LogP contribution in [-0.2, 0) is 26.1 Å². The molecule has 0 amide bonds. The van der Waals surface area contributed by atoms with Gasteiger partial charge < -0.3 is 14.0 Å². The van der Waals surface area contributed by atoms with Crippen molar-refractivity contribution < 1.29 is 22.4 Å². The molecule has 0 spiro atoms. The summed E-state index contributed by atoms with van der Waals surface area (Å²) in [5.41, 5.74) is 2.69. The Hall–Kier alpha value is -1.74. The number of nitrogens with one attached hydrogen (secondary N) is 1. The molecule has 2 atom stereocenters. The van der Waals surface area contributed by atoms with E-state index in [-0.39, 0.29) is 17.6 Å². The minimum atomic E-state index is -3.64. The quantitative estimate of drug-likeness (QED) is 0.827. The summed E-state index contributed by atoms with van der Waals surface area (Å²) in [5, 5.41) is 3.91. The highest BCUT2D eigenvalue weighted by molar-refractivity contribution is 7.89. The van der Waals surface area contributed by atoms with Crippen LogP contribution >= 0.6 is 0 Å². The summed E-state index contributed by atoms with van der Waals surface area (Å²) >= 11 is 0. The van der Waals surface area contributed by atoms with Crippen molar-refractivity contribution in [3.63, 3.8) is 0 Å². The van der Waals surface area contributed by atoms with Crippen LogP contribution in [0, 0.1) is 20.8 Å². The Labute approximate surface area is 153 Å². The molecule has 1 saturated heterocycles. The smallest absolute Gasteiger partial charge is 0.240 e. The second-order valence-electron chi connectivity index (χ2n) is 6.56. The minimum Gasteiger partial charge on any atom is -0.380 e. The van der Waals surface area contributed by atoms with E-state index >= 15 is 0 Å². The highest BCUT2D eigenvalue weighted by Crippen LogP contribution is 2.20. The zero-order valence-corrected chi connectivity index (χ0v) is 16.0. The van der Waals surface area contributed by atoms with Gasteiger partial charge in [-0.1, -0.05) is 22.9 Å². The van der Waals surface area contributed by atoms with Crippen LogP contribution in [0.1, 0.15) is 29.0 Å². The third-order valence-corrected chi connectivity index (χ3v) is 6.06. The molecule has 0 unspecified atom stereocenters. The second-order valence-corrected chi connectivity index (χ2v) is 8.27. The number of rotatable bonds is 6. The maximum atomic E-state index is 12.7. The van der Waals surface area contributed by atoms with Crippen LogP contribution in [0.5, 0.6) is 0 Å². The van der Waals surface area contributed by atoms with Crippen molar-refractivity contribution in [1.29, 1.82) is 0 Å². The largest absolute Gasteiger partial charge is 0.380 e. The number of nitrogens with zero attached hydrogens (tertiary/aromatic N) is 1. The molecule has 1 fully saturated rings. The van der Waals surface area contributed by atoms with E-state index in [0.29, 0.717) is 25.4 Å². The Kier molecular flexibility index (Phi) is 5.76. The van der Waals surface area contributed by atoms with Gasteiger partial charge in [0.15, 0.2) is 0 Å². The fraction of sp³-hybridized carbons (Fsp3) is 0.500. The molecule has 0 bridgehead atoms. The van der Waals surface area contributed by atoms with Crippen LogP contribution in [0.3, 0.4) is 0 Å². The fourth-order valence-corrected chi connectivity index (χ4v) is 4.16. The predicted octanol–water partition coefficient (Wildman–Crippen LogP) is 2.25. The van der Waals surface area contributed by atoms with E-state index in [9.17, 15) is 8.42 Å². The van der Waals surface area contributed by atoms with Crippen LogP contribution in [0.4, 0.5) is 0 Å². The summed E-state index contributed by atoms with van der Waals surface area (Å²) in [6.07, 6.45) is 0.336. The standard InChI is InChI=1S/C18H24N2O5S/c1-12-4-6-15(7-5-12)26(21,22)20-17-11-23-9-8-18(17)24-10-16-13(2)19-25-14(16)3/h4-7,17-18,20H,8-11H2,1-3H3/t17-,18+/m1/s1. The normalized spacial score (nSPS) is 21.0. The van der Waals surface area contributed by atoms with Gasteiger partial charge in [-0.3, -0.25) is 0 Å². The average Bonchev–Trinajstić information content (AvgIpc) is 2.92. The second kappa shape index (κ2) is 7.87. The summed E-state index contributed by atoms with van der Waals surface area (Å²) in [4.78, 5) is 0.234. The van der Waals surface area contributed by atoms with Gasteiger partial charge in [-0.2, -0.15) is 0 Å². The molecule has 1 aliphatic heterocycles. The lowest BCUT2D eigenvalue weighted by molar-refractivity contribution is -0.0575. The van der Waals surface area contributed by atoms with Crippen molar-refractivity contribution in [2.75, 3.05) is 13.2 Å². The Morgan fingerprint density at radius 2 is 1.96 bits per heavy atom. The number of hydrogen-bond donors (Lipinski definition) is 1. The van der Waals surface area contributed by atoms with E-state index < -0.39 is 16.1 Å². The fourth-order valence-electron chi connectivity index (χ4n) is 2.91. The van der Waals surface area contributed by atoms with Crippen molar-refractivity contribution in [2.45, 2.75) is 50.8 Å². The zero-order valence-electron chi connectivity index (χ0n) is 15.2. The molecular weight excluding hydrogens is 356 g/mol. The Balaban J connectivity index is 1.69. The van der Waals surface area contributed by atoms with Crippen LogP contribution in [0.15, 0.2) is 33.7 Å². The first-order chi connectivity index (χ1) is 12.4. The lowest BCUT2D eigenvalue weighted by Crippen LogP contribution is -2.50. The highest BCUT2D eigenvalue weighted by atomic mass is 32.2. The molecule has 2 heterocycles. The molecule has 1 aromatic carbocycles. The van der Waals surface area contributed by atoms with Crippen molar-refractivity contribution in [3.8, 4) is 0 Å². The summed E-state index contributed by atoms with van der Waals surface area (Å²) in [6.45, 7) is 6.75. The lowest BCUT2D eigenvalue weighted by atomic mass is 10.1.